The topological polar surface area (TPSA) is 92.8 Å². The summed E-state index contributed by atoms with van der Waals surface area (Å²) in [5, 5.41) is 2.63. The number of anilines is 1. The lowest BCUT2D eigenvalue weighted by Gasteiger charge is -2.16. The fourth-order valence-corrected chi connectivity index (χ4v) is 2.91. The Morgan fingerprint density at radius 1 is 1.29 bits per heavy atom. The molecule has 1 aromatic carbocycles. The Hall–Kier alpha value is -1.93. The van der Waals surface area contributed by atoms with Crippen molar-refractivity contribution in [1.82, 2.24) is 4.31 Å². The van der Waals surface area contributed by atoms with Crippen LogP contribution in [0.15, 0.2) is 23.1 Å². The quantitative estimate of drug-likeness (QED) is 0.782. The van der Waals surface area contributed by atoms with Gasteiger partial charge in [-0.1, -0.05) is 6.07 Å². The lowest BCUT2D eigenvalue weighted by Crippen LogP contribution is -2.30. The van der Waals surface area contributed by atoms with E-state index in [2.05, 4.69) is 5.32 Å². The standard InChI is InChI=1S/C16H22N2O5S/c1-10-5-8-13(24(21,22)18(3)4)9-14(10)17-15(19)11(2)23-16(20)12-6-7-12/h5,8-9,11-12H,6-7H2,1-4H3,(H,17,19). The third-order valence-electron chi connectivity index (χ3n) is 3.82. The summed E-state index contributed by atoms with van der Waals surface area (Å²) in [6.07, 6.45) is 0.666. The number of benzene rings is 1. The van der Waals surface area contributed by atoms with Crippen LogP contribution in [-0.2, 0) is 24.3 Å². The number of nitrogens with one attached hydrogen (secondary N) is 1. The molecule has 1 aliphatic carbocycles. The maximum atomic E-state index is 12.2. The highest BCUT2D eigenvalue weighted by Crippen LogP contribution is 2.30. The van der Waals surface area contributed by atoms with Gasteiger partial charge in [-0.25, -0.2) is 12.7 Å². The zero-order valence-corrected chi connectivity index (χ0v) is 15.0. The van der Waals surface area contributed by atoms with Gasteiger partial charge in [-0.05, 0) is 44.4 Å². The van der Waals surface area contributed by atoms with Gasteiger partial charge in [-0.2, -0.15) is 0 Å². The van der Waals surface area contributed by atoms with E-state index in [0.717, 1.165) is 17.1 Å². The maximum Gasteiger partial charge on any atom is 0.309 e. The molecule has 132 valence electrons. The average Bonchev–Trinajstić information content (AvgIpc) is 3.33. The number of sulfonamides is 1. The summed E-state index contributed by atoms with van der Waals surface area (Å²) in [6, 6.07) is 4.50. The number of esters is 1. The van der Waals surface area contributed by atoms with Crippen LogP contribution in [0.5, 0.6) is 0 Å². The zero-order chi connectivity index (χ0) is 18.1. The Kier molecular flexibility index (Phi) is 5.29. The molecule has 1 atom stereocenters. The van der Waals surface area contributed by atoms with Crippen molar-refractivity contribution in [3.63, 3.8) is 0 Å². The largest absolute Gasteiger partial charge is 0.452 e. The minimum Gasteiger partial charge on any atom is -0.452 e. The van der Waals surface area contributed by atoms with Crippen molar-refractivity contribution in [2.24, 2.45) is 5.92 Å². The molecular formula is C16H22N2O5S. The van der Waals surface area contributed by atoms with Crippen molar-refractivity contribution in [3.8, 4) is 0 Å². The molecule has 7 nitrogen and oxygen atoms in total. The molecule has 1 aromatic rings. The maximum absolute atomic E-state index is 12.2. The second-order valence-corrected chi connectivity index (χ2v) is 8.26. The number of hydrogen-bond donors (Lipinski definition) is 1. The van der Waals surface area contributed by atoms with Gasteiger partial charge < -0.3 is 10.1 Å². The number of nitrogens with zero attached hydrogens (tertiary/aromatic N) is 1. The van der Waals surface area contributed by atoms with E-state index in [1.165, 1.54) is 33.2 Å². The summed E-state index contributed by atoms with van der Waals surface area (Å²) in [4.78, 5) is 23.9. The van der Waals surface area contributed by atoms with E-state index in [4.69, 9.17) is 4.74 Å². The van der Waals surface area contributed by atoms with Gasteiger partial charge in [0.05, 0.1) is 10.8 Å². The van der Waals surface area contributed by atoms with Crippen molar-refractivity contribution in [1.29, 1.82) is 0 Å². The van der Waals surface area contributed by atoms with Gasteiger partial charge in [0.1, 0.15) is 0 Å². The Balaban J connectivity index is 2.13. The highest BCUT2D eigenvalue weighted by Gasteiger charge is 2.33. The summed E-state index contributed by atoms with van der Waals surface area (Å²) in [5.41, 5.74) is 1.08. The van der Waals surface area contributed by atoms with Crippen LogP contribution in [0.3, 0.4) is 0 Å². The van der Waals surface area contributed by atoms with Crippen LogP contribution in [0, 0.1) is 12.8 Å². The molecule has 24 heavy (non-hydrogen) atoms. The molecule has 0 spiro atoms. The monoisotopic (exact) mass is 354 g/mol. The van der Waals surface area contributed by atoms with Crippen molar-refractivity contribution < 1.29 is 22.7 Å². The molecule has 0 saturated heterocycles. The first-order chi connectivity index (χ1) is 11.1. The van der Waals surface area contributed by atoms with Gasteiger partial charge in [0.2, 0.25) is 10.0 Å². The first-order valence-electron chi connectivity index (χ1n) is 7.67. The molecule has 8 heteroatoms. The lowest BCUT2D eigenvalue weighted by atomic mass is 10.2. The molecule has 1 fully saturated rings. The van der Waals surface area contributed by atoms with Gasteiger partial charge in [-0.15, -0.1) is 0 Å². The normalized spacial score (nSPS) is 15.9. The fraction of sp³-hybridized carbons (Fsp3) is 0.500. The van der Waals surface area contributed by atoms with Crippen LogP contribution in [0.4, 0.5) is 5.69 Å². The van der Waals surface area contributed by atoms with Crippen LogP contribution in [0.2, 0.25) is 0 Å². The number of carbonyl (C=O) groups is 2. The molecular weight excluding hydrogens is 332 g/mol. The van der Waals surface area contributed by atoms with Crippen LogP contribution < -0.4 is 5.32 Å². The Bertz CT molecular complexity index is 754. The second kappa shape index (κ2) is 6.90. The van der Waals surface area contributed by atoms with Crippen LogP contribution in [-0.4, -0.2) is 44.8 Å². The first kappa shape index (κ1) is 18.4. The number of carbonyl (C=O) groups excluding carboxylic acids is 2. The van der Waals surface area contributed by atoms with E-state index in [1.54, 1.807) is 13.0 Å². The van der Waals surface area contributed by atoms with E-state index >= 15 is 0 Å². The van der Waals surface area contributed by atoms with Crippen molar-refractivity contribution in [3.05, 3.63) is 23.8 Å². The number of amides is 1. The van der Waals surface area contributed by atoms with E-state index in [9.17, 15) is 18.0 Å². The summed E-state index contributed by atoms with van der Waals surface area (Å²) < 4.78 is 30.6. The molecule has 1 unspecified atom stereocenters. The van der Waals surface area contributed by atoms with E-state index in [0.29, 0.717) is 11.3 Å². The minimum absolute atomic E-state index is 0.0797. The third kappa shape index (κ3) is 4.12. The highest BCUT2D eigenvalue weighted by atomic mass is 32.2. The lowest BCUT2D eigenvalue weighted by molar-refractivity contribution is -0.154. The fourth-order valence-electron chi connectivity index (χ4n) is 1.98. The Morgan fingerprint density at radius 2 is 1.92 bits per heavy atom. The SMILES string of the molecule is Cc1ccc(S(=O)(=O)N(C)C)cc1NC(=O)C(C)OC(=O)C1CC1. The van der Waals surface area contributed by atoms with Crippen LogP contribution in [0.1, 0.15) is 25.3 Å². The van der Waals surface area contributed by atoms with Crippen molar-refractivity contribution in [2.45, 2.75) is 37.7 Å². The molecule has 0 aromatic heterocycles. The number of aryl methyl sites for hydroxylation is 1. The predicted octanol–water partition coefficient (Wildman–Crippen LogP) is 1.53. The molecule has 1 N–H and O–H groups in total. The summed E-state index contributed by atoms with van der Waals surface area (Å²) in [7, 11) is -0.723. The van der Waals surface area contributed by atoms with Gasteiger partial charge in [0, 0.05) is 19.8 Å². The van der Waals surface area contributed by atoms with Crippen molar-refractivity contribution in [2.75, 3.05) is 19.4 Å². The smallest absolute Gasteiger partial charge is 0.309 e. The summed E-state index contributed by atoms with van der Waals surface area (Å²) >= 11 is 0. The van der Waals surface area contributed by atoms with Crippen molar-refractivity contribution >= 4 is 27.6 Å². The summed E-state index contributed by atoms with van der Waals surface area (Å²) in [6.45, 7) is 3.24. The van der Waals surface area contributed by atoms with Gasteiger partial charge in [0.25, 0.3) is 5.91 Å². The molecule has 1 amide bonds. The Morgan fingerprint density at radius 3 is 2.46 bits per heavy atom. The number of ether oxygens (including phenoxy) is 1. The molecule has 1 aliphatic rings. The van der Waals surface area contributed by atoms with Gasteiger partial charge in [-0.3, -0.25) is 9.59 Å². The molecule has 2 rings (SSSR count). The average molecular weight is 354 g/mol. The highest BCUT2D eigenvalue weighted by molar-refractivity contribution is 7.89. The van der Waals surface area contributed by atoms with Crippen LogP contribution in [0.25, 0.3) is 0 Å². The predicted molar refractivity (Wildman–Crippen MR) is 89.0 cm³/mol. The van der Waals surface area contributed by atoms with E-state index in [-0.39, 0.29) is 16.8 Å². The Labute approximate surface area is 142 Å². The first-order valence-corrected chi connectivity index (χ1v) is 9.11. The zero-order valence-electron chi connectivity index (χ0n) is 14.2. The molecule has 0 aliphatic heterocycles. The number of hydrogen-bond acceptors (Lipinski definition) is 5. The molecule has 0 radical (unpaired) electrons. The minimum atomic E-state index is -3.60. The molecule has 0 bridgehead atoms. The molecule has 1 saturated carbocycles. The van der Waals surface area contributed by atoms with Gasteiger partial charge in [0.15, 0.2) is 6.10 Å². The summed E-state index contributed by atoms with van der Waals surface area (Å²) in [5.74, 6) is -0.944. The second-order valence-electron chi connectivity index (χ2n) is 6.11. The number of rotatable bonds is 6. The van der Waals surface area contributed by atoms with Crippen LogP contribution >= 0.6 is 0 Å². The van der Waals surface area contributed by atoms with E-state index < -0.39 is 22.0 Å². The third-order valence-corrected chi connectivity index (χ3v) is 5.63. The van der Waals surface area contributed by atoms with E-state index in [1.807, 2.05) is 0 Å². The molecule has 0 heterocycles. The van der Waals surface area contributed by atoms with Gasteiger partial charge >= 0.3 is 5.97 Å².